The molecular weight excluding hydrogens is 256 g/mol. The van der Waals surface area contributed by atoms with Crippen molar-refractivity contribution < 1.29 is 9.21 Å². The summed E-state index contributed by atoms with van der Waals surface area (Å²) in [5.41, 5.74) is 1.97. The van der Waals surface area contributed by atoms with Crippen molar-refractivity contribution in [1.29, 1.82) is 0 Å². The van der Waals surface area contributed by atoms with Gasteiger partial charge in [0.05, 0.1) is 12.0 Å². The van der Waals surface area contributed by atoms with Crippen LogP contribution in [0.3, 0.4) is 0 Å². The van der Waals surface area contributed by atoms with Crippen molar-refractivity contribution in [3.8, 4) is 0 Å². The molecule has 0 saturated heterocycles. The van der Waals surface area contributed by atoms with Gasteiger partial charge in [-0.05, 0) is 39.0 Å². The van der Waals surface area contributed by atoms with E-state index in [4.69, 9.17) is 4.42 Å². The third kappa shape index (κ3) is 3.20. The predicted molar refractivity (Wildman–Crippen MR) is 75.6 cm³/mol. The van der Waals surface area contributed by atoms with Gasteiger partial charge in [-0.25, -0.2) is 4.79 Å². The molecule has 2 aromatic rings. The third-order valence-electron chi connectivity index (χ3n) is 3.00. The molecule has 0 fully saturated rings. The van der Waals surface area contributed by atoms with Gasteiger partial charge in [-0.1, -0.05) is 0 Å². The molecule has 6 heteroatoms. The number of aromatic nitrogens is 2. The molecule has 0 aliphatic rings. The van der Waals surface area contributed by atoms with Crippen LogP contribution < -0.4 is 10.6 Å². The van der Waals surface area contributed by atoms with E-state index in [1.165, 1.54) is 0 Å². The highest BCUT2D eigenvalue weighted by molar-refractivity contribution is 5.73. The van der Waals surface area contributed by atoms with Crippen LogP contribution in [0, 0.1) is 13.8 Å². The van der Waals surface area contributed by atoms with Gasteiger partial charge < -0.3 is 15.1 Å². The van der Waals surface area contributed by atoms with Gasteiger partial charge in [-0.15, -0.1) is 0 Å². The van der Waals surface area contributed by atoms with Crippen molar-refractivity contribution in [2.75, 3.05) is 13.1 Å². The smallest absolute Gasteiger partial charge is 0.314 e. The Morgan fingerprint density at radius 1 is 1.45 bits per heavy atom. The van der Waals surface area contributed by atoms with E-state index in [0.717, 1.165) is 17.1 Å². The van der Waals surface area contributed by atoms with Gasteiger partial charge in [-0.2, -0.15) is 5.10 Å². The first-order chi connectivity index (χ1) is 9.61. The molecule has 108 valence electrons. The van der Waals surface area contributed by atoms with E-state index < -0.39 is 0 Å². The summed E-state index contributed by atoms with van der Waals surface area (Å²) in [5, 5.41) is 10.0. The molecule has 0 bridgehead atoms. The van der Waals surface area contributed by atoms with Crippen LogP contribution >= 0.6 is 0 Å². The lowest BCUT2D eigenvalue weighted by atomic mass is 10.2. The Hall–Kier alpha value is -2.24. The Labute approximate surface area is 118 Å². The molecule has 0 aromatic carbocycles. The number of rotatable bonds is 5. The minimum atomic E-state index is -0.189. The number of nitrogens with one attached hydrogen (secondary N) is 2. The third-order valence-corrected chi connectivity index (χ3v) is 3.00. The van der Waals surface area contributed by atoms with Crippen LogP contribution in [-0.2, 0) is 0 Å². The number of amides is 2. The summed E-state index contributed by atoms with van der Waals surface area (Å²) in [7, 11) is 0. The van der Waals surface area contributed by atoms with E-state index in [1.54, 1.807) is 6.26 Å². The molecule has 0 radical (unpaired) electrons. The summed E-state index contributed by atoms with van der Waals surface area (Å²) in [6, 6.07) is 5.38. The molecule has 0 aliphatic heterocycles. The molecule has 0 aliphatic carbocycles. The molecular formula is C14H20N4O2. The molecule has 2 heterocycles. The van der Waals surface area contributed by atoms with Crippen LogP contribution in [0.25, 0.3) is 0 Å². The molecule has 2 N–H and O–H groups in total. The van der Waals surface area contributed by atoms with Gasteiger partial charge >= 0.3 is 6.03 Å². The topological polar surface area (TPSA) is 72.1 Å². The fourth-order valence-electron chi connectivity index (χ4n) is 2.16. The van der Waals surface area contributed by atoms with Crippen molar-refractivity contribution >= 4 is 6.03 Å². The Morgan fingerprint density at radius 3 is 2.80 bits per heavy atom. The monoisotopic (exact) mass is 276 g/mol. The van der Waals surface area contributed by atoms with Gasteiger partial charge in [0.15, 0.2) is 0 Å². The maximum atomic E-state index is 11.6. The van der Waals surface area contributed by atoms with Gasteiger partial charge in [-0.3, -0.25) is 4.68 Å². The lowest BCUT2D eigenvalue weighted by Crippen LogP contribution is -2.39. The summed E-state index contributed by atoms with van der Waals surface area (Å²) < 4.78 is 7.35. The van der Waals surface area contributed by atoms with Gasteiger partial charge in [0.2, 0.25) is 0 Å². The molecule has 6 nitrogen and oxygen atoms in total. The number of hydrogen-bond acceptors (Lipinski definition) is 3. The second-order valence-corrected chi connectivity index (χ2v) is 4.64. The molecule has 0 spiro atoms. The van der Waals surface area contributed by atoms with E-state index in [0.29, 0.717) is 13.1 Å². The lowest BCUT2D eigenvalue weighted by molar-refractivity contribution is 0.239. The van der Waals surface area contributed by atoms with E-state index in [1.807, 2.05) is 43.7 Å². The zero-order valence-corrected chi connectivity index (χ0v) is 12.0. The second-order valence-electron chi connectivity index (χ2n) is 4.64. The highest BCUT2D eigenvalue weighted by Gasteiger charge is 2.20. The highest BCUT2D eigenvalue weighted by Crippen LogP contribution is 2.20. The molecule has 0 saturated carbocycles. The summed E-state index contributed by atoms with van der Waals surface area (Å²) >= 11 is 0. The molecule has 1 atom stereocenters. The summed E-state index contributed by atoms with van der Waals surface area (Å²) in [6.45, 7) is 6.82. The Balaban J connectivity index is 2.18. The van der Waals surface area contributed by atoms with E-state index in [2.05, 4.69) is 15.7 Å². The van der Waals surface area contributed by atoms with Crippen LogP contribution in [0.5, 0.6) is 0 Å². The number of carbonyl (C=O) groups excluding carboxylic acids is 1. The summed E-state index contributed by atoms with van der Waals surface area (Å²) in [5.74, 6) is 0.771. The SMILES string of the molecule is CCNC(=O)NC[C@H](c1ccco1)n1nc(C)cc1C. The van der Waals surface area contributed by atoms with Gasteiger partial charge in [0, 0.05) is 18.8 Å². The first kappa shape index (κ1) is 14.2. The average Bonchev–Trinajstić information content (AvgIpc) is 3.01. The average molecular weight is 276 g/mol. The van der Waals surface area contributed by atoms with E-state index in [-0.39, 0.29) is 12.1 Å². The largest absolute Gasteiger partial charge is 0.467 e. The van der Waals surface area contributed by atoms with E-state index in [9.17, 15) is 4.79 Å². The Morgan fingerprint density at radius 2 is 2.25 bits per heavy atom. The minimum Gasteiger partial charge on any atom is -0.467 e. The number of urea groups is 1. The highest BCUT2D eigenvalue weighted by atomic mass is 16.3. The predicted octanol–water partition coefficient (Wildman–Crippen LogP) is 2.00. The number of carbonyl (C=O) groups is 1. The molecule has 0 unspecified atom stereocenters. The van der Waals surface area contributed by atoms with Crippen molar-refractivity contribution in [2.24, 2.45) is 0 Å². The minimum absolute atomic E-state index is 0.152. The van der Waals surface area contributed by atoms with Crippen molar-refractivity contribution in [2.45, 2.75) is 26.8 Å². The van der Waals surface area contributed by atoms with Crippen LogP contribution in [0.1, 0.15) is 30.1 Å². The van der Waals surface area contributed by atoms with Crippen LogP contribution in [0.15, 0.2) is 28.9 Å². The lowest BCUT2D eigenvalue weighted by Gasteiger charge is -2.18. The first-order valence-corrected chi connectivity index (χ1v) is 6.69. The Kier molecular flexibility index (Phi) is 4.45. The maximum Gasteiger partial charge on any atom is 0.314 e. The standard InChI is InChI=1S/C14H20N4O2/c1-4-15-14(19)16-9-12(13-6-5-7-20-13)18-11(3)8-10(2)17-18/h5-8,12H,4,9H2,1-3H3,(H2,15,16,19)/t12-/m1/s1. The van der Waals surface area contributed by atoms with Gasteiger partial charge in [0.25, 0.3) is 0 Å². The van der Waals surface area contributed by atoms with Crippen molar-refractivity contribution in [1.82, 2.24) is 20.4 Å². The summed E-state index contributed by atoms with van der Waals surface area (Å²) in [4.78, 5) is 11.6. The zero-order chi connectivity index (χ0) is 14.5. The number of aryl methyl sites for hydroxylation is 2. The molecule has 2 rings (SSSR count). The Bertz CT molecular complexity index is 560. The molecule has 20 heavy (non-hydrogen) atoms. The quantitative estimate of drug-likeness (QED) is 0.877. The summed E-state index contributed by atoms with van der Waals surface area (Å²) in [6.07, 6.45) is 1.63. The van der Waals surface area contributed by atoms with Crippen LogP contribution in [-0.4, -0.2) is 28.9 Å². The zero-order valence-electron chi connectivity index (χ0n) is 12.0. The number of furan rings is 1. The van der Waals surface area contributed by atoms with Crippen LogP contribution in [0.4, 0.5) is 4.79 Å². The fourth-order valence-corrected chi connectivity index (χ4v) is 2.16. The van der Waals surface area contributed by atoms with E-state index >= 15 is 0 Å². The molecule has 2 aromatic heterocycles. The first-order valence-electron chi connectivity index (χ1n) is 6.69. The fraction of sp³-hybridized carbons (Fsp3) is 0.429. The van der Waals surface area contributed by atoms with Crippen molar-refractivity contribution in [3.63, 3.8) is 0 Å². The molecule has 2 amide bonds. The number of hydrogen-bond donors (Lipinski definition) is 2. The van der Waals surface area contributed by atoms with Gasteiger partial charge in [0.1, 0.15) is 11.8 Å². The normalized spacial score (nSPS) is 12.2. The maximum absolute atomic E-state index is 11.6. The van der Waals surface area contributed by atoms with Crippen molar-refractivity contribution in [3.05, 3.63) is 41.6 Å². The second kappa shape index (κ2) is 6.27. The van der Waals surface area contributed by atoms with Crippen LogP contribution in [0.2, 0.25) is 0 Å². The number of nitrogens with zero attached hydrogens (tertiary/aromatic N) is 2.